The Labute approximate surface area is 145 Å². The molecule has 0 saturated carbocycles. The zero-order chi connectivity index (χ0) is 17.5. The van der Waals surface area contributed by atoms with Gasteiger partial charge in [-0.05, 0) is 19.1 Å². The molecule has 128 valence electrons. The summed E-state index contributed by atoms with van der Waals surface area (Å²) >= 11 is 0. The van der Waals surface area contributed by atoms with E-state index in [1.807, 2.05) is 49.4 Å². The van der Waals surface area contributed by atoms with Gasteiger partial charge in [0.25, 0.3) is 5.91 Å². The molecule has 1 heterocycles. The number of hydrogen-bond donors (Lipinski definition) is 1. The molecule has 0 aliphatic carbocycles. The molecule has 6 heteroatoms. The molecular weight excluding hydrogens is 318 g/mol. The maximum absolute atomic E-state index is 12.3. The molecule has 0 spiro atoms. The molecule has 1 N–H and O–H groups in total. The lowest BCUT2D eigenvalue weighted by Crippen LogP contribution is -2.26. The fourth-order valence-electron chi connectivity index (χ4n) is 2.37. The summed E-state index contributed by atoms with van der Waals surface area (Å²) in [5.41, 5.74) is 1.41. The van der Waals surface area contributed by atoms with E-state index in [0.717, 1.165) is 5.56 Å². The summed E-state index contributed by atoms with van der Waals surface area (Å²) in [6.07, 6.45) is 0.461. The van der Waals surface area contributed by atoms with Crippen molar-refractivity contribution >= 4 is 5.91 Å². The molecule has 1 aromatic heterocycles. The Morgan fingerprint density at radius 3 is 2.68 bits per heavy atom. The van der Waals surface area contributed by atoms with Crippen molar-refractivity contribution in [3.63, 3.8) is 0 Å². The van der Waals surface area contributed by atoms with E-state index in [1.165, 1.54) is 0 Å². The second-order valence-electron chi connectivity index (χ2n) is 5.31. The number of carbonyl (C=O) groups is 1. The lowest BCUT2D eigenvalue weighted by Gasteiger charge is -2.09. The molecule has 3 rings (SSSR count). The first-order valence-corrected chi connectivity index (χ1v) is 8.16. The summed E-state index contributed by atoms with van der Waals surface area (Å²) in [4.78, 5) is 16.6. The Balaban J connectivity index is 1.57. The van der Waals surface area contributed by atoms with Crippen molar-refractivity contribution in [1.29, 1.82) is 0 Å². The summed E-state index contributed by atoms with van der Waals surface area (Å²) in [7, 11) is 0. The van der Waals surface area contributed by atoms with Crippen LogP contribution in [0.3, 0.4) is 0 Å². The van der Waals surface area contributed by atoms with E-state index in [2.05, 4.69) is 15.5 Å². The van der Waals surface area contributed by atoms with Gasteiger partial charge in [-0.25, -0.2) is 0 Å². The lowest BCUT2D eigenvalue weighted by atomic mass is 10.2. The average Bonchev–Trinajstić information content (AvgIpc) is 3.12. The van der Waals surface area contributed by atoms with E-state index in [0.29, 0.717) is 42.6 Å². The van der Waals surface area contributed by atoms with E-state index >= 15 is 0 Å². The zero-order valence-electron chi connectivity index (χ0n) is 13.9. The molecule has 0 atom stereocenters. The van der Waals surface area contributed by atoms with Gasteiger partial charge in [-0.15, -0.1) is 0 Å². The van der Waals surface area contributed by atoms with Crippen LogP contribution in [0.15, 0.2) is 59.1 Å². The number of aromatic nitrogens is 2. The Morgan fingerprint density at radius 1 is 1.12 bits per heavy atom. The fraction of sp³-hybridized carbons (Fsp3) is 0.211. The minimum atomic E-state index is -0.188. The summed E-state index contributed by atoms with van der Waals surface area (Å²) in [5, 5.41) is 6.81. The maximum atomic E-state index is 12.3. The number of ether oxygens (including phenoxy) is 1. The minimum Gasteiger partial charge on any atom is -0.493 e. The van der Waals surface area contributed by atoms with Crippen LogP contribution in [0, 0.1) is 0 Å². The molecular formula is C19H19N3O3. The van der Waals surface area contributed by atoms with E-state index < -0.39 is 0 Å². The van der Waals surface area contributed by atoms with Gasteiger partial charge in [0.1, 0.15) is 5.75 Å². The van der Waals surface area contributed by atoms with Crippen molar-refractivity contribution in [3.05, 3.63) is 66.1 Å². The smallest absolute Gasteiger partial charge is 0.255 e. The van der Waals surface area contributed by atoms with Gasteiger partial charge in [-0.3, -0.25) is 4.79 Å². The van der Waals surface area contributed by atoms with Gasteiger partial charge in [0.05, 0.1) is 12.2 Å². The molecule has 2 aromatic carbocycles. The highest BCUT2D eigenvalue weighted by atomic mass is 16.5. The number of rotatable bonds is 7. The van der Waals surface area contributed by atoms with Gasteiger partial charge >= 0.3 is 0 Å². The first-order valence-electron chi connectivity index (χ1n) is 8.16. The first kappa shape index (κ1) is 16.7. The molecule has 1 amide bonds. The Morgan fingerprint density at radius 2 is 1.88 bits per heavy atom. The van der Waals surface area contributed by atoms with Crippen molar-refractivity contribution in [2.75, 3.05) is 13.2 Å². The van der Waals surface area contributed by atoms with Crippen molar-refractivity contribution < 1.29 is 14.1 Å². The second kappa shape index (κ2) is 8.10. The van der Waals surface area contributed by atoms with Gasteiger partial charge in [0.2, 0.25) is 11.7 Å². The summed E-state index contributed by atoms with van der Waals surface area (Å²) < 4.78 is 10.7. The lowest BCUT2D eigenvalue weighted by molar-refractivity contribution is 0.0949. The van der Waals surface area contributed by atoms with Crippen LogP contribution in [0.25, 0.3) is 11.4 Å². The molecule has 0 bridgehead atoms. The molecule has 0 aliphatic rings. The van der Waals surface area contributed by atoms with Crippen LogP contribution in [-0.2, 0) is 6.42 Å². The van der Waals surface area contributed by atoms with Gasteiger partial charge in [-0.1, -0.05) is 47.6 Å². The molecule has 0 radical (unpaired) electrons. The molecule has 0 saturated heterocycles. The number of benzene rings is 2. The van der Waals surface area contributed by atoms with Crippen LogP contribution in [0.2, 0.25) is 0 Å². The van der Waals surface area contributed by atoms with Crippen molar-refractivity contribution in [2.45, 2.75) is 13.3 Å². The standard InChI is InChI=1S/C19H19N3O3/c1-2-24-16-11-7-6-10-15(16)19(23)20-13-12-17-21-18(22-25-17)14-8-4-3-5-9-14/h3-11H,2,12-13H2,1H3,(H,20,23). The van der Waals surface area contributed by atoms with Gasteiger partial charge < -0.3 is 14.6 Å². The van der Waals surface area contributed by atoms with E-state index in [-0.39, 0.29) is 5.91 Å². The average molecular weight is 337 g/mol. The number of para-hydroxylation sites is 1. The van der Waals surface area contributed by atoms with Crippen molar-refractivity contribution in [1.82, 2.24) is 15.5 Å². The van der Waals surface area contributed by atoms with Crippen LogP contribution in [0.1, 0.15) is 23.2 Å². The topological polar surface area (TPSA) is 77.2 Å². The Hall–Kier alpha value is -3.15. The van der Waals surface area contributed by atoms with Crippen LogP contribution >= 0.6 is 0 Å². The third kappa shape index (κ3) is 4.23. The van der Waals surface area contributed by atoms with Crippen LogP contribution in [0.4, 0.5) is 0 Å². The highest BCUT2D eigenvalue weighted by Gasteiger charge is 2.12. The molecule has 0 unspecified atom stereocenters. The largest absolute Gasteiger partial charge is 0.493 e. The minimum absolute atomic E-state index is 0.188. The van der Waals surface area contributed by atoms with Crippen LogP contribution in [0.5, 0.6) is 5.75 Å². The first-order chi connectivity index (χ1) is 12.3. The third-order valence-electron chi connectivity index (χ3n) is 3.56. The number of nitrogens with zero attached hydrogens (tertiary/aromatic N) is 2. The van der Waals surface area contributed by atoms with Gasteiger partial charge in [0, 0.05) is 18.5 Å². The molecule has 3 aromatic rings. The molecule has 6 nitrogen and oxygen atoms in total. The Kier molecular flexibility index (Phi) is 5.41. The molecule has 0 fully saturated rings. The van der Waals surface area contributed by atoms with Gasteiger partial charge in [0.15, 0.2) is 0 Å². The maximum Gasteiger partial charge on any atom is 0.255 e. The second-order valence-corrected chi connectivity index (χ2v) is 5.31. The summed E-state index contributed by atoms with van der Waals surface area (Å²) in [6.45, 7) is 2.79. The monoisotopic (exact) mass is 337 g/mol. The van der Waals surface area contributed by atoms with E-state index in [4.69, 9.17) is 9.26 Å². The van der Waals surface area contributed by atoms with E-state index in [1.54, 1.807) is 12.1 Å². The SMILES string of the molecule is CCOc1ccccc1C(=O)NCCc1nc(-c2ccccc2)no1. The number of amides is 1. The Bertz CT molecular complexity index is 831. The number of carbonyl (C=O) groups excluding carboxylic acids is 1. The highest BCUT2D eigenvalue weighted by Crippen LogP contribution is 2.18. The van der Waals surface area contributed by atoms with Gasteiger partial charge in [-0.2, -0.15) is 4.98 Å². The third-order valence-corrected chi connectivity index (χ3v) is 3.56. The number of hydrogen-bond acceptors (Lipinski definition) is 5. The normalized spacial score (nSPS) is 10.4. The summed E-state index contributed by atoms with van der Waals surface area (Å²) in [6, 6.07) is 16.8. The highest BCUT2D eigenvalue weighted by molar-refractivity contribution is 5.96. The predicted octanol–water partition coefficient (Wildman–Crippen LogP) is 3.11. The van der Waals surface area contributed by atoms with Crippen molar-refractivity contribution in [2.24, 2.45) is 0 Å². The quantitative estimate of drug-likeness (QED) is 0.717. The number of nitrogens with one attached hydrogen (secondary N) is 1. The van der Waals surface area contributed by atoms with Crippen molar-refractivity contribution in [3.8, 4) is 17.1 Å². The zero-order valence-corrected chi connectivity index (χ0v) is 13.9. The van der Waals surface area contributed by atoms with Crippen LogP contribution in [-0.4, -0.2) is 29.2 Å². The predicted molar refractivity (Wildman–Crippen MR) is 93.4 cm³/mol. The molecule has 25 heavy (non-hydrogen) atoms. The van der Waals surface area contributed by atoms with Crippen LogP contribution < -0.4 is 10.1 Å². The summed E-state index contributed by atoms with van der Waals surface area (Å²) in [5.74, 6) is 1.42. The fourth-order valence-corrected chi connectivity index (χ4v) is 2.37. The van der Waals surface area contributed by atoms with E-state index in [9.17, 15) is 4.79 Å². The molecule has 0 aliphatic heterocycles.